The van der Waals surface area contributed by atoms with Crippen molar-refractivity contribution in [2.24, 2.45) is 0 Å². The zero-order valence-corrected chi connectivity index (χ0v) is 9.40. The molecule has 0 saturated carbocycles. The summed E-state index contributed by atoms with van der Waals surface area (Å²) in [5.41, 5.74) is 0. The Hall–Kier alpha value is -1.32. The van der Waals surface area contributed by atoms with Gasteiger partial charge in [-0.05, 0) is 19.3 Å². The Morgan fingerprint density at radius 3 is 2.53 bits per heavy atom. The average molecular weight is 210 g/mol. The van der Waals surface area contributed by atoms with Crippen LogP contribution in [0.2, 0.25) is 0 Å². The topological polar surface area (TPSA) is 46.3 Å². The Morgan fingerprint density at radius 2 is 2.00 bits per heavy atom. The third kappa shape index (κ3) is 3.08. The number of rotatable bonds is 1. The molecule has 2 heterocycles. The third-order valence-corrected chi connectivity index (χ3v) is 2.29. The zero-order valence-electron chi connectivity index (χ0n) is 9.40. The molecule has 1 saturated heterocycles. The summed E-state index contributed by atoms with van der Waals surface area (Å²) < 4.78 is 4.95. The summed E-state index contributed by atoms with van der Waals surface area (Å²) in [5.74, 6) is 0.319. The van der Waals surface area contributed by atoms with Crippen LogP contribution in [0.25, 0.3) is 0 Å². The maximum Gasteiger partial charge on any atom is 0.291 e. The largest absolute Gasteiger partial charge is 0.438 e. The minimum absolute atomic E-state index is 0.0304. The van der Waals surface area contributed by atoms with Crippen LogP contribution >= 0.6 is 0 Å². The molecule has 1 aliphatic rings. The molecule has 0 aliphatic carbocycles. The van der Waals surface area contributed by atoms with E-state index in [9.17, 15) is 4.79 Å². The van der Waals surface area contributed by atoms with Gasteiger partial charge in [0.25, 0.3) is 5.91 Å². The fraction of sp³-hybridized carbons (Fsp3) is 0.636. The highest BCUT2D eigenvalue weighted by molar-refractivity contribution is 5.91. The Kier molecular flexibility index (Phi) is 4.87. The Balaban J connectivity index is 0.000000531. The number of piperidine rings is 1. The van der Waals surface area contributed by atoms with Gasteiger partial charge >= 0.3 is 0 Å². The number of hydrogen-bond acceptors (Lipinski definition) is 3. The number of nitrogens with zero attached hydrogens (tertiary/aromatic N) is 2. The molecule has 1 fully saturated rings. The molecule has 84 valence electrons. The predicted octanol–water partition coefficient (Wildman–Crippen LogP) is 2.33. The number of carbonyl (C=O) groups excluding carboxylic acids is 1. The van der Waals surface area contributed by atoms with Crippen LogP contribution in [-0.2, 0) is 0 Å². The van der Waals surface area contributed by atoms with Gasteiger partial charge in [0.05, 0.1) is 6.20 Å². The molecule has 0 bridgehead atoms. The van der Waals surface area contributed by atoms with Gasteiger partial charge in [-0.1, -0.05) is 13.8 Å². The van der Waals surface area contributed by atoms with E-state index in [1.165, 1.54) is 19.0 Å². The van der Waals surface area contributed by atoms with Crippen LogP contribution in [0.1, 0.15) is 43.7 Å². The van der Waals surface area contributed by atoms with Gasteiger partial charge in [0.2, 0.25) is 5.76 Å². The molecule has 0 spiro atoms. The van der Waals surface area contributed by atoms with E-state index < -0.39 is 0 Å². The van der Waals surface area contributed by atoms with Gasteiger partial charge in [0.15, 0.2) is 6.39 Å². The number of oxazole rings is 1. The number of aromatic nitrogens is 1. The lowest BCUT2D eigenvalue weighted by atomic mass is 10.1. The molecule has 0 radical (unpaired) electrons. The van der Waals surface area contributed by atoms with Crippen molar-refractivity contribution in [1.29, 1.82) is 0 Å². The molecular formula is C11H18N2O2. The second kappa shape index (κ2) is 6.22. The van der Waals surface area contributed by atoms with E-state index in [2.05, 4.69) is 4.98 Å². The van der Waals surface area contributed by atoms with Gasteiger partial charge < -0.3 is 9.32 Å². The smallest absolute Gasteiger partial charge is 0.291 e. The summed E-state index contributed by atoms with van der Waals surface area (Å²) in [4.78, 5) is 17.2. The van der Waals surface area contributed by atoms with Crippen LogP contribution in [-0.4, -0.2) is 28.9 Å². The molecule has 4 nitrogen and oxygen atoms in total. The molecule has 1 aromatic heterocycles. The maximum atomic E-state index is 11.7. The summed E-state index contributed by atoms with van der Waals surface area (Å²) in [6, 6.07) is 0. The first-order valence-electron chi connectivity index (χ1n) is 5.56. The van der Waals surface area contributed by atoms with E-state index in [-0.39, 0.29) is 5.91 Å². The summed E-state index contributed by atoms with van der Waals surface area (Å²) in [6.07, 6.45) is 6.17. The molecule has 0 N–H and O–H groups in total. The molecule has 1 aromatic rings. The standard InChI is InChI=1S/C9H12N2O2.C2H6/c12-9(8-6-10-7-13-8)11-4-2-1-3-5-11;1-2/h6-7H,1-5H2;1-2H3. The summed E-state index contributed by atoms with van der Waals surface area (Å²) in [7, 11) is 0. The van der Waals surface area contributed by atoms with Crippen molar-refractivity contribution in [3.05, 3.63) is 18.4 Å². The van der Waals surface area contributed by atoms with Crippen molar-refractivity contribution in [2.75, 3.05) is 13.1 Å². The molecule has 1 aliphatic heterocycles. The first kappa shape index (κ1) is 11.8. The van der Waals surface area contributed by atoms with E-state index in [0.29, 0.717) is 5.76 Å². The van der Waals surface area contributed by atoms with E-state index in [4.69, 9.17) is 4.42 Å². The first-order valence-corrected chi connectivity index (χ1v) is 5.56. The highest BCUT2D eigenvalue weighted by Gasteiger charge is 2.20. The van der Waals surface area contributed by atoms with Crippen molar-refractivity contribution >= 4 is 5.91 Å². The van der Waals surface area contributed by atoms with E-state index >= 15 is 0 Å². The zero-order chi connectivity index (χ0) is 11.1. The lowest BCUT2D eigenvalue weighted by molar-refractivity contribution is 0.0692. The number of amides is 1. The van der Waals surface area contributed by atoms with Crippen LogP contribution in [0.4, 0.5) is 0 Å². The Morgan fingerprint density at radius 1 is 1.33 bits per heavy atom. The number of carbonyl (C=O) groups is 1. The van der Waals surface area contributed by atoms with Crippen molar-refractivity contribution in [3.8, 4) is 0 Å². The highest BCUT2D eigenvalue weighted by atomic mass is 16.3. The predicted molar refractivity (Wildman–Crippen MR) is 57.6 cm³/mol. The molecule has 2 rings (SSSR count). The molecule has 4 heteroatoms. The second-order valence-electron chi connectivity index (χ2n) is 3.22. The highest BCUT2D eigenvalue weighted by Crippen LogP contribution is 2.12. The third-order valence-electron chi connectivity index (χ3n) is 2.29. The molecule has 1 amide bonds. The Bertz CT molecular complexity index is 277. The van der Waals surface area contributed by atoms with Crippen LogP contribution in [0.15, 0.2) is 17.0 Å². The SMILES string of the molecule is CC.O=C(c1cnco1)N1CCCCC1. The molecule has 0 unspecified atom stereocenters. The average Bonchev–Trinajstić information content (AvgIpc) is 2.85. The fourth-order valence-corrected chi connectivity index (χ4v) is 1.57. The van der Waals surface area contributed by atoms with E-state index in [1.807, 2.05) is 18.7 Å². The summed E-state index contributed by atoms with van der Waals surface area (Å²) in [6.45, 7) is 5.69. The second-order valence-corrected chi connectivity index (χ2v) is 3.22. The number of hydrogen-bond donors (Lipinski definition) is 0. The molecule has 0 aromatic carbocycles. The monoisotopic (exact) mass is 210 g/mol. The first-order chi connectivity index (χ1) is 7.38. The van der Waals surface area contributed by atoms with Gasteiger partial charge in [-0.2, -0.15) is 0 Å². The van der Waals surface area contributed by atoms with Crippen molar-refractivity contribution < 1.29 is 9.21 Å². The van der Waals surface area contributed by atoms with Crippen LogP contribution in [0.5, 0.6) is 0 Å². The van der Waals surface area contributed by atoms with Crippen molar-refractivity contribution in [2.45, 2.75) is 33.1 Å². The maximum absolute atomic E-state index is 11.7. The lowest BCUT2D eigenvalue weighted by Gasteiger charge is -2.25. The summed E-state index contributed by atoms with van der Waals surface area (Å²) in [5, 5.41) is 0. The van der Waals surface area contributed by atoms with E-state index in [1.54, 1.807) is 0 Å². The normalized spacial score (nSPS) is 15.5. The molecule has 15 heavy (non-hydrogen) atoms. The quantitative estimate of drug-likeness (QED) is 0.714. The molecule has 0 atom stereocenters. The number of likely N-dealkylation sites (tertiary alicyclic amines) is 1. The minimum Gasteiger partial charge on any atom is -0.438 e. The van der Waals surface area contributed by atoms with E-state index in [0.717, 1.165) is 25.9 Å². The Labute approximate surface area is 90.3 Å². The van der Waals surface area contributed by atoms with Crippen LogP contribution < -0.4 is 0 Å². The fourth-order valence-electron chi connectivity index (χ4n) is 1.57. The van der Waals surface area contributed by atoms with Crippen LogP contribution in [0.3, 0.4) is 0 Å². The van der Waals surface area contributed by atoms with Crippen molar-refractivity contribution in [1.82, 2.24) is 9.88 Å². The van der Waals surface area contributed by atoms with Gasteiger partial charge in [0, 0.05) is 13.1 Å². The van der Waals surface area contributed by atoms with Crippen LogP contribution in [0, 0.1) is 0 Å². The van der Waals surface area contributed by atoms with Gasteiger partial charge in [-0.25, -0.2) is 4.98 Å². The van der Waals surface area contributed by atoms with Crippen molar-refractivity contribution in [3.63, 3.8) is 0 Å². The van der Waals surface area contributed by atoms with Gasteiger partial charge in [-0.15, -0.1) is 0 Å². The minimum atomic E-state index is -0.0304. The van der Waals surface area contributed by atoms with Gasteiger partial charge in [0.1, 0.15) is 0 Å². The molecular weight excluding hydrogens is 192 g/mol. The lowest BCUT2D eigenvalue weighted by Crippen LogP contribution is -2.35. The summed E-state index contributed by atoms with van der Waals surface area (Å²) >= 11 is 0. The van der Waals surface area contributed by atoms with Gasteiger partial charge in [-0.3, -0.25) is 4.79 Å².